The fourth-order valence-electron chi connectivity index (χ4n) is 2.34. The minimum Gasteiger partial charge on any atom is -0.338 e. The third-order valence-electron chi connectivity index (χ3n) is 3.61. The van der Waals surface area contributed by atoms with Crippen LogP contribution in [0.2, 0.25) is 0 Å². The lowest BCUT2D eigenvalue weighted by Crippen LogP contribution is -2.87. The smallest absolute Gasteiger partial charge is 0.321 e. The van der Waals surface area contributed by atoms with Crippen LogP contribution in [0.1, 0.15) is 35.4 Å². The monoisotopic (exact) mass is 346 g/mol. The van der Waals surface area contributed by atoms with Gasteiger partial charge in [0.15, 0.2) is 6.54 Å². The van der Waals surface area contributed by atoms with E-state index >= 15 is 0 Å². The molecule has 1 aromatic heterocycles. The summed E-state index contributed by atoms with van der Waals surface area (Å²) in [6.45, 7) is 4.76. The number of imide groups is 1. The minimum absolute atomic E-state index is 0.0510. The van der Waals surface area contributed by atoms with Gasteiger partial charge < -0.3 is 10.6 Å². The molecule has 0 spiro atoms. The lowest BCUT2D eigenvalue weighted by Gasteiger charge is -2.15. The van der Waals surface area contributed by atoms with Gasteiger partial charge in [0.05, 0.1) is 4.88 Å². The number of rotatable bonds is 7. The molecule has 0 aliphatic rings. The molecule has 1 atom stereocenters. The first-order chi connectivity index (χ1) is 11.6. The average molecular weight is 346 g/mol. The van der Waals surface area contributed by atoms with Gasteiger partial charge in [-0.3, -0.25) is 10.1 Å². The number of aryl methyl sites for hydroxylation is 1. The Balaban J connectivity index is 1.98. The highest BCUT2D eigenvalue weighted by molar-refractivity contribution is 7.10. The number of carbonyl (C=O) groups excluding carboxylic acids is 2. The van der Waals surface area contributed by atoms with Crippen molar-refractivity contribution in [3.8, 4) is 0 Å². The van der Waals surface area contributed by atoms with Gasteiger partial charge in [0.25, 0.3) is 5.91 Å². The highest BCUT2D eigenvalue weighted by atomic mass is 32.1. The van der Waals surface area contributed by atoms with Gasteiger partial charge in [-0.2, -0.15) is 0 Å². The molecule has 128 valence electrons. The molecule has 0 unspecified atom stereocenters. The first-order valence-corrected chi connectivity index (χ1v) is 8.99. The molecule has 0 aliphatic carbocycles. The predicted octanol–water partition coefficient (Wildman–Crippen LogP) is 1.95. The van der Waals surface area contributed by atoms with E-state index in [9.17, 15) is 9.59 Å². The lowest BCUT2D eigenvalue weighted by atomic mass is 10.0. The zero-order valence-electron chi connectivity index (χ0n) is 14.0. The van der Waals surface area contributed by atoms with Crippen LogP contribution in [0, 0.1) is 6.92 Å². The maximum Gasteiger partial charge on any atom is 0.321 e. The molecule has 0 saturated heterocycles. The molecular weight excluding hydrogens is 322 g/mol. The molecule has 0 aliphatic heterocycles. The number of benzene rings is 1. The number of carbonyl (C=O) groups is 2. The van der Waals surface area contributed by atoms with Crippen molar-refractivity contribution < 1.29 is 14.9 Å². The van der Waals surface area contributed by atoms with Crippen LogP contribution in [0.4, 0.5) is 4.79 Å². The number of quaternary nitrogens is 1. The predicted molar refractivity (Wildman–Crippen MR) is 96.0 cm³/mol. The van der Waals surface area contributed by atoms with E-state index in [0.717, 1.165) is 12.0 Å². The molecule has 2 aromatic rings. The van der Waals surface area contributed by atoms with Crippen molar-refractivity contribution in [2.24, 2.45) is 0 Å². The second-order valence-corrected chi connectivity index (χ2v) is 6.63. The van der Waals surface area contributed by atoms with Crippen molar-refractivity contribution in [1.82, 2.24) is 10.6 Å². The topological polar surface area (TPSA) is 74.8 Å². The van der Waals surface area contributed by atoms with Gasteiger partial charge in [-0.1, -0.05) is 42.8 Å². The van der Waals surface area contributed by atoms with Crippen LogP contribution in [0.15, 0.2) is 41.8 Å². The Morgan fingerprint density at radius 1 is 1.21 bits per heavy atom. The Bertz CT molecular complexity index is 653. The molecule has 6 heteroatoms. The van der Waals surface area contributed by atoms with Crippen LogP contribution in [-0.4, -0.2) is 25.0 Å². The zero-order valence-corrected chi connectivity index (χ0v) is 14.9. The molecule has 0 saturated carbocycles. The molecule has 0 bridgehead atoms. The summed E-state index contributed by atoms with van der Waals surface area (Å²) in [6.07, 6.45) is 0.835. The van der Waals surface area contributed by atoms with Gasteiger partial charge in [0, 0.05) is 12.1 Å². The molecule has 24 heavy (non-hydrogen) atoms. The highest BCUT2D eigenvalue weighted by Gasteiger charge is 2.20. The van der Waals surface area contributed by atoms with E-state index in [2.05, 4.69) is 47.9 Å². The Morgan fingerprint density at radius 3 is 2.58 bits per heavy atom. The number of urea groups is 1. The van der Waals surface area contributed by atoms with E-state index < -0.39 is 6.03 Å². The number of nitrogens with one attached hydrogen (secondary N) is 2. The number of amides is 3. The van der Waals surface area contributed by atoms with E-state index in [1.807, 2.05) is 23.7 Å². The van der Waals surface area contributed by atoms with Crippen LogP contribution in [0.5, 0.6) is 0 Å². The minimum atomic E-state index is -0.432. The third-order valence-corrected chi connectivity index (χ3v) is 4.57. The van der Waals surface area contributed by atoms with Crippen LogP contribution in [-0.2, 0) is 4.79 Å². The Hall–Kier alpha value is -2.18. The van der Waals surface area contributed by atoms with Crippen molar-refractivity contribution in [3.05, 3.63) is 57.8 Å². The van der Waals surface area contributed by atoms with Crippen molar-refractivity contribution in [2.45, 2.75) is 26.3 Å². The average Bonchev–Trinajstić information content (AvgIpc) is 3.09. The summed E-state index contributed by atoms with van der Waals surface area (Å²) in [5.74, 6) is -0.294. The summed E-state index contributed by atoms with van der Waals surface area (Å²) < 4.78 is 0. The normalized spacial score (nSPS) is 11.8. The standard InChI is InChI=1S/C18H23N3O2S/c1-3-10-19-18(23)21-16(22)12-20-17(15-5-4-11-24-15)14-8-6-13(2)7-9-14/h4-9,11,17,20H,3,10,12H2,1-2H3,(H2,19,21,22,23)/p+1/t17-/m1/s1. The number of hydrogen-bond donors (Lipinski definition) is 3. The van der Waals surface area contributed by atoms with E-state index in [0.29, 0.717) is 6.54 Å². The summed E-state index contributed by atoms with van der Waals surface area (Å²) in [4.78, 5) is 24.7. The first kappa shape index (κ1) is 18.2. The van der Waals surface area contributed by atoms with Crippen molar-refractivity contribution in [1.29, 1.82) is 0 Å². The Morgan fingerprint density at radius 2 is 1.96 bits per heavy atom. The largest absolute Gasteiger partial charge is 0.338 e. The van der Waals surface area contributed by atoms with E-state index in [4.69, 9.17) is 0 Å². The van der Waals surface area contributed by atoms with Gasteiger partial charge in [-0.05, 0) is 24.8 Å². The zero-order chi connectivity index (χ0) is 17.4. The van der Waals surface area contributed by atoms with Crippen molar-refractivity contribution >= 4 is 23.3 Å². The molecule has 1 heterocycles. The number of thiophene rings is 1. The number of hydrogen-bond acceptors (Lipinski definition) is 3. The lowest BCUT2D eigenvalue weighted by molar-refractivity contribution is -0.676. The van der Waals surface area contributed by atoms with Crippen LogP contribution >= 0.6 is 11.3 Å². The molecule has 1 aromatic carbocycles. The molecule has 0 radical (unpaired) electrons. The third kappa shape index (κ3) is 5.47. The molecule has 3 amide bonds. The summed E-state index contributed by atoms with van der Waals surface area (Å²) in [7, 11) is 0. The van der Waals surface area contributed by atoms with Gasteiger partial charge in [0.1, 0.15) is 6.04 Å². The van der Waals surface area contributed by atoms with E-state index in [-0.39, 0.29) is 18.5 Å². The van der Waals surface area contributed by atoms with Gasteiger partial charge >= 0.3 is 6.03 Å². The molecule has 0 fully saturated rings. The summed E-state index contributed by atoms with van der Waals surface area (Å²) in [6, 6.07) is 12.0. The second kappa shape index (κ2) is 9.20. The summed E-state index contributed by atoms with van der Waals surface area (Å²) in [5, 5.41) is 8.98. The van der Waals surface area contributed by atoms with Crippen molar-refractivity contribution in [3.63, 3.8) is 0 Å². The van der Waals surface area contributed by atoms with Crippen LogP contribution < -0.4 is 16.0 Å². The van der Waals surface area contributed by atoms with Gasteiger partial charge in [-0.15, -0.1) is 11.3 Å². The Kier molecular flexibility index (Phi) is 6.96. The van der Waals surface area contributed by atoms with Crippen LogP contribution in [0.3, 0.4) is 0 Å². The first-order valence-electron chi connectivity index (χ1n) is 8.11. The summed E-state index contributed by atoms with van der Waals surface area (Å²) >= 11 is 1.66. The number of nitrogens with two attached hydrogens (primary N) is 1. The molecular formula is C18H24N3O2S+. The SMILES string of the molecule is CCCNC(=O)NC(=O)C[NH2+][C@H](c1ccc(C)cc1)c1cccs1. The van der Waals surface area contributed by atoms with Crippen molar-refractivity contribution in [2.75, 3.05) is 13.1 Å². The summed E-state index contributed by atoms with van der Waals surface area (Å²) in [5.41, 5.74) is 2.35. The van der Waals surface area contributed by atoms with E-state index in [1.54, 1.807) is 11.3 Å². The quantitative estimate of drug-likeness (QED) is 0.717. The maximum absolute atomic E-state index is 12.0. The van der Waals surface area contributed by atoms with Gasteiger partial charge in [0.2, 0.25) is 0 Å². The second-order valence-electron chi connectivity index (χ2n) is 5.65. The fraction of sp³-hybridized carbons (Fsp3) is 0.333. The molecule has 5 nitrogen and oxygen atoms in total. The fourth-order valence-corrected chi connectivity index (χ4v) is 3.19. The van der Waals surface area contributed by atoms with E-state index in [1.165, 1.54) is 10.4 Å². The highest BCUT2D eigenvalue weighted by Crippen LogP contribution is 2.22. The molecule has 4 N–H and O–H groups in total. The van der Waals surface area contributed by atoms with Gasteiger partial charge in [-0.25, -0.2) is 4.79 Å². The maximum atomic E-state index is 12.0. The molecule has 2 rings (SSSR count). The Labute approximate surface area is 146 Å². The van der Waals surface area contributed by atoms with Crippen LogP contribution in [0.25, 0.3) is 0 Å².